The van der Waals surface area contributed by atoms with Gasteiger partial charge < -0.3 is 10.1 Å². The van der Waals surface area contributed by atoms with Gasteiger partial charge in [0.1, 0.15) is 0 Å². The van der Waals surface area contributed by atoms with Crippen LogP contribution in [0.5, 0.6) is 0 Å². The molecule has 1 aliphatic heterocycles. The van der Waals surface area contributed by atoms with Crippen LogP contribution in [0, 0.1) is 10.1 Å². The Morgan fingerprint density at radius 2 is 2.40 bits per heavy atom. The normalized spacial score (nSPS) is 16.7. The lowest BCUT2D eigenvalue weighted by atomic mass is 10.1. The summed E-state index contributed by atoms with van der Waals surface area (Å²) in [6.45, 7) is 1.32. The average molecular weight is 379 g/mol. The van der Waals surface area contributed by atoms with Gasteiger partial charge in [0.15, 0.2) is 4.34 Å². The molecule has 0 saturated carbocycles. The van der Waals surface area contributed by atoms with Gasteiger partial charge in [0.05, 0.1) is 22.5 Å². The number of nitrogens with zero attached hydrogens (tertiary/aromatic N) is 2. The van der Waals surface area contributed by atoms with E-state index in [0.29, 0.717) is 17.8 Å². The fourth-order valence-electron chi connectivity index (χ4n) is 2.45. The van der Waals surface area contributed by atoms with Crippen LogP contribution >= 0.6 is 23.1 Å². The Morgan fingerprint density at radius 1 is 1.52 bits per heavy atom. The van der Waals surface area contributed by atoms with E-state index in [-0.39, 0.29) is 23.5 Å². The van der Waals surface area contributed by atoms with Gasteiger partial charge in [-0.15, -0.1) is 11.3 Å². The first-order chi connectivity index (χ1) is 12.1. The number of ether oxygens (including phenoxy) is 1. The zero-order valence-electron chi connectivity index (χ0n) is 13.3. The predicted octanol–water partition coefficient (Wildman–Crippen LogP) is 3.11. The van der Waals surface area contributed by atoms with Crippen molar-refractivity contribution in [3.05, 3.63) is 39.8 Å². The second-order valence-corrected chi connectivity index (χ2v) is 7.61. The fraction of sp³-hybridized carbons (Fsp3) is 0.375. The molecule has 0 radical (unpaired) electrons. The molecule has 0 bridgehead atoms. The van der Waals surface area contributed by atoms with Crippen LogP contribution in [-0.4, -0.2) is 40.8 Å². The molecule has 1 aromatic heterocycles. The van der Waals surface area contributed by atoms with Crippen LogP contribution in [0.1, 0.15) is 12.8 Å². The number of nitro groups is 1. The van der Waals surface area contributed by atoms with Gasteiger partial charge in [0, 0.05) is 36.2 Å². The first kappa shape index (κ1) is 17.8. The molecule has 7 nitrogen and oxygen atoms in total. The van der Waals surface area contributed by atoms with Gasteiger partial charge >= 0.3 is 0 Å². The van der Waals surface area contributed by atoms with Crippen molar-refractivity contribution >= 4 is 34.7 Å². The molecule has 9 heteroatoms. The molecule has 1 atom stereocenters. The highest BCUT2D eigenvalue weighted by molar-refractivity contribution is 8.01. The minimum Gasteiger partial charge on any atom is -0.376 e. The number of thioether (sulfide) groups is 1. The highest BCUT2D eigenvalue weighted by atomic mass is 32.2. The van der Waals surface area contributed by atoms with Gasteiger partial charge in [-0.1, -0.05) is 23.9 Å². The Kier molecular flexibility index (Phi) is 6.00. The molecular formula is C16H17N3O4S2. The molecule has 1 fully saturated rings. The first-order valence-corrected chi connectivity index (χ1v) is 9.70. The minimum absolute atomic E-state index is 0.0354. The maximum Gasteiger partial charge on any atom is 0.270 e. The molecule has 0 aliphatic carbocycles. The number of nitrogens with one attached hydrogen (secondary N) is 1. The lowest BCUT2D eigenvalue weighted by molar-refractivity contribution is -0.384. The standard InChI is InChI=1S/C16H17N3O4S2/c20-15(17-8-13-5-2-6-23-13)10-25-16-18-14(9-24-16)11-3-1-4-12(7-11)19(21)22/h1,3-4,7,9,13H,2,5-6,8,10H2,(H,17,20)/t13-/m0/s1. The maximum absolute atomic E-state index is 11.9. The van der Waals surface area contributed by atoms with Crippen LogP contribution in [0.2, 0.25) is 0 Å². The lowest BCUT2D eigenvalue weighted by Crippen LogP contribution is -2.32. The van der Waals surface area contributed by atoms with Gasteiger partial charge in [-0.3, -0.25) is 14.9 Å². The van der Waals surface area contributed by atoms with Gasteiger partial charge in [0.25, 0.3) is 5.69 Å². The van der Waals surface area contributed by atoms with E-state index in [1.54, 1.807) is 12.1 Å². The second kappa shape index (κ2) is 8.41. The Labute approximate surface area is 152 Å². The molecule has 2 aromatic rings. The molecule has 1 aromatic carbocycles. The quantitative estimate of drug-likeness (QED) is 0.451. The molecule has 3 rings (SSSR count). The molecule has 25 heavy (non-hydrogen) atoms. The third-order valence-electron chi connectivity index (χ3n) is 3.71. The van der Waals surface area contributed by atoms with Gasteiger partial charge in [-0.25, -0.2) is 4.98 Å². The predicted molar refractivity (Wildman–Crippen MR) is 96.9 cm³/mol. The number of aromatic nitrogens is 1. The van der Waals surface area contributed by atoms with E-state index in [9.17, 15) is 14.9 Å². The van der Waals surface area contributed by atoms with Crippen molar-refractivity contribution in [1.82, 2.24) is 10.3 Å². The summed E-state index contributed by atoms with van der Waals surface area (Å²) >= 11 is 2.78. The number of rotatable bonds is 7. The van der Waals surface area contributed by atoms with Crippen LogP contribution in [-0.2, 0) is 9.53 Å². The van der Waals surface area contributed by atoms with Crippen molar-refractivity contribution in [2.24, 2.45) is 0 Å². The molecule has 2 heterocycles. The zero-order chi connectivity index (χ0) is 17.6. The molecule has 1 aliphatic rings. The third-order valence-corrected chi connectivity index (χ3v) is 5.73. The monoisotopic (exact) mass is 379 g/mol. The van der Waals surface area contributed by atoms with Crippen molar-refractivity contribution < 1.29 is 14.5 Å². The van der Waals surface area contributed by atoms with E-state index in [0.717, 1.165) is 23.8 Å². The van der Waals surface area contributed by atoms with Crippen molar-refractivity contribution in [3.8, 4) is 11.3 Å². The number of nitro benzene ring substituents is 1. The van der Waals surface area contributed by atoms with Gasteiger partial charge in [0.2, 0.25) is 5.91 Å². The topological polar surface area (TPSA) is 94.4 Å². The fourth-order valence-corrected chi connectivity index (χ4v) is 4.11. The van der Waals surface area contributed by atoms with Crippen molar-refractivity contribution in [2.45, 2.75) is 23.3 Å². The third kappa shape index (κ3) is 5.00. The number of non-ortho nitro benzene ring substituents is 1. The Morgan fingerprint density at radius 3 is 3.16 bits per heavy atom. The van der Waals surface area contributed by atoms with Crippen LogP contribution in [0.4, 0.5) is 5.69 Å². The number of carbonyl (C=O) groups excluding carboxylic acids is 1. The van der Waals surface area contributed by atoms with Crippen LogP contribution < -0.4 is 5.32 Å². The second-order valence-electron chi connectivity index (χ2n) is 5.53. The minimum atomic E-state index is -0.427. The first-order valence-electron chi connectivity index (χ1n) is 7.83. The van der Waals surface area contributed by atoms with Crippen LogP contribution in [0.3, 0.4) is 0 Å². The van der Waals surface area contributed by atoms with Crippen molar-refractivity contribution in [2.75, 3.05) is 18.9 Å². The molecule has 132 valence electrons. The number of thiazole rings is 1. The summed E-state index contributed by atoms with van der Waals surface area (Å²) < 4.78 is 6.22. The molecule has 1 amide bonds. The van der Waals surface area contributed by atoms with E-state index in [4.69, 9.17) is 4.74 Å². The van der Waals surface area contributed by atoms with E-state index in [1.807, 2.05) is 5.38 Å². The van der Waals surface area contributed by atoms with Gasteiger partial charge in [-0.2, -0.15) is 0 Å². The van der Waals surface area contributed by atoms with Crippen LogP contribution in [0.25, 0.3) is 11.3 Å². The van der Waals surface area contributed by atoms with Crippen molar-refractivity contribution in [1.29, 1.82) is 0 Å². The van der Waals surface area contributed by atoms with E-state index < -0.39 is 4.92 Å². The molecule has 1 saturated heterocycles. The summed E-state index contributed by atoms with van der Waals surface area (Å²) in [5, 5.41) is 15.6. The summed E-state index contributed by atoms with van der Waals surface area (Å²) in [4.78, 5) is 26.8. The van der Waals surface area contributed by atoms with Gasteiger partial charge in [-0.05, 0) is 12.8 Å². The Hall–Kier alpha value is -1.97. The number of amides is 1. The number of hydrogen-bond acceptors (Lipinski definition) is 7. The zero-order valence-corrected chi connectivity index (χ0v) is 15.0. The summed E-state index contributed by atoms with van der Waals surface area (Å²) in [7, 11) is 0. The highest BCUT2D eigenvalue weighted by Crippen LogP contribution is 2.29. The van der Waals surface area contributed by atoms with E-state index >= 15 is 0 Å². The molecule has 0 unspecified atom stereocenters. The molecular weight excluding hydrogens is 362 g/mol. The average Bonchev–Trinajstić information content (AvgIpc) is 3.30. The highest BCUT2D eigenvalue weighted by Gasteiger charge is 2.16. The molecule has 1 N–H and O–H groups in total. The largest absolute Gasteiger partial charge is 0.376 e. The summed E-state index contributed by atoms with van der Waals surface area (Å²) in [5.41, 5.74) is 1.41. The van der Waals surface area contributed by atoms with E-state index in [1.165, 1.54) is 35.2 Å². The summed E-state index contributed by atoms with van der Waals surface area (Å²) in [5.74, 6) is 0.238. The SMILES string of the molecule is O=C(CSc1nc(-c2cccc([N+](=O)[O-])c2)cs1)NC[C@@H]1CCCO1. The number of hydrogen-bond donors (Lipinski definition) is 1. The Bertz CT molecular complexity index is 759. The van der Waals surface area contributed by atoms with Crippen molar-refractivity contribution in [3.63, 3.8) is 0 Å². The van der Waals surface area contributed by atoms with E-state index in [2.05, 4.69) is 10.3 Å². The number of benzene rings is 1. The Balaban J connectivity index is 1.52. The molecule has 0 spiro atoms. The lowest BCUT2D eigenvalue weighted by Gasteiger charge is -2.10. The summed E-state index contributed by atoms with van der Waals surface area (Å²) in [6, 6.07) is 6.37. The summed E-state index contributed by atoms with van der Waals surface area (Å²) in [6.07, 6.45) is 2.18. The number of carbonyl (C=O) groups is 1. The maximum atomic E-state index is 11.9. The smallest absolute Gasteiger partial charge is 0.270 e. The van der Waals surface area contributed by atoms with Crippen LogP contribution in [0.15, 0.2) is 34.0 Å².